The molecule has 0 aromatic carbocycles. The van der Waals surface area contributed by atoms with E-state index in [9.17, 15) is 13.2 Å². The van der Waals surface area contributed by atoms with Crippen LogP contribution in [0.1, 0.15) is 11.4 Å². The quantitative estimate of drug-likeness (QED) is 0.765. The fourth-order valence-electron chi connectivity index (χ4n) is 1.87. The molecule has 0 saturated heterocycles. The molecule has 0 unspecified atom stereocenters. The Kier molecular flexibility index (Phi) is 3.73. The van der Waals surface area contributed by atoms with Gasteiger partial charge in [-0.1, -0.05) is 0 Å². The monoisotopic (exact) mass is 371 g/mol. The Bertz CT molecular complexity index is 815. The third-order valence-electron chi connectivity index (χ3n) is 2.84. The Labute approximate surface area is 131 Å². The summed E-state index contributed by atoms with van der Waals surface area (Å²) >= 11 is 3.35. The maximum atomic E-state index is 12.6. The zero-order valence-electron chi connectivity index (χ0n) is 11.0. The first-order valence-corrected chi connectivity index (χ1v) is 6.98. The summed E-state index contributed by atoms with van der Waals surface area (Å²) in [4.78, 5) is 11.6. The summed E-state index contributed by atoms with van der Waals surface area (Å²) in [7, 11) is 0. The molecule has 0 fully saturated rings. The predicted molar refractivity (Wildman–Crippen MR) is 77.3 cm³/mol. The van der Waals surface area contributed by atoms with Crippen molar-refractivity contribution in [2.45, 2.75) is 12.7 Å². The zero-order valence-corrected chi connectivity index (χ0v) is 12.6. The van der Waals surface area contributed by atoms with Crippen LogP contribution in [0.4, 0.5) is 19.1 Å². The lowest BCUT2D eigenvalue weighted by Crippen LogP contribution is -2.11. The van der Waals surface area contributed by atoms with Crippen molar-refractivity contribution in [3.8, 4) is 0 Å². The number of imidazole rings is 1. The van der Waals surface area contributed by atoms with E-state index < -0.39 is 11.9 Å². The minimum Gasteiger partial charge on any atom is -0.348 e. The molecule has 3 aromatic heterocycles. The molecular weight excluding hydrogens is 363 g/mol. The summed E-state index contributed by atoms with van der Waals surface area (Å²) in [5.41, 5.74) is 0.424. The minimum atomic E-state index is -4.49. The average molecular weight is 372 g/mol. The van der Waals surface area contributed by atoms with Gasteiger partial charge in [-0.2, -0.15) is 13.2 Å². The number of rotatable bonds is 3. The average Bonchev–Trinajstić information content (AvgIpc) is 2.86. The fraction of sp³-hybridized carbons (Fsp3) is 0.154. The van der Waals surface area contributed by atoms with Crippen LogP contribution < -0.4 is 5.32 Å². The number of aromatic nitrogens is 4. The van der Waals surface area contributed by atoms with Crippen molar-refractivity contribution in [1.82, 2.24) is 19.4 Å². The Balaban J connectivity index is 1.76. The molecule has 3 aromatic rings. The molecule has 22 heavy (non-hydrogen) atoms. The van der Waals surface area contributed by atoms with Gasteiger partial charge in [0.15, 0.2) is 0 Å². The lowest BCUT2D eigenvalue weighted by atomic mass is 10.4. The van der Waals surface area contributed by atoms with Crippen molar-refractivity contribution in [3.05, 3.63) is 52.7 Å². The molecule has 5 nitrogen and oxygen atoms in total. The second-order valence-electron chi connectivity index (χ2n) is 4.46. The van der Waals surface area contributed by atoms with Crippen LogP contribution in [0.15, 0.2) is 41.3 Å². The molecule has 0 radical (unpaired) electrons. The summed E-state index contributed by atoms with van der Waals surface area (Å²) in [5.74, 6) is -0.0898. The largest absolute Gasteiger partial charge is 0.433 e. The molecule has 0 aliphatic rings. The molecule has 0 saturated carbocycles. The van der Waals surface area contributed by atoms with Crippen molar-refractivity contribution < 1.29 is 13.2 Å². The van der Waals surface area contributed by atoms with Gasteiger partial charge >= 0.3 is 6.18 Å². The molecule has 3 rings (SSSR count). The first-order valence-electron chi connectivity index (χ1n) is 6.19. The van der Waals surface area contributed by atoms with E-state index in [4.69, 9.17) is 0 Å². The van der Waals surface area contributed by atoms with E-state index in [0.717, 1.165) is 22.4 Å². The number of nitrogens with one attached hydrogen (secondary N) is 1. The molecule has 0 amide bonds. The standard InChI is InChI=1S/C13H9BrF3N5/c14-8-1-2-11-20-9(7-22(11)6-8)5-19-12-18-4-3-10(21-12)13(15,16)17/h1-4,6-7H,5H2,(H,18,19,21). The van der Waals surface area contributed by atoms with Crippen LogP contribution in [-0.2, 0) is 12.7 Å². The molecule has 114 valence electrons. The highest BCUT2D eigenvalue weighted by atomic mass is 79.9. The Morgan fingerprint density at radius 2 is 1.95 bits per heavy atom. The molecule has 0 bridgehead atoms. The van der Waals surface area contributed by atoms with Crippen LogP contribution >= 0.6 is 15.9 Å². The molecule has 0 aliphatic carbocycles. The molecule has 0 spiro atoms. The minimum absolute atomic E-state index is 0.0898. The van der Waals surface area contributed by atoms with E-state index in [1.807, 2.05) is 22.7 Å². The summed E-state index contributed by atoms with van der Waals surface area (Å²) < 4.78 is 40.4. The highest BCUT2D eigenvalue weighted by molar-refractivity contribution is 9.10. The Morgan fingerprint density at radius 3 is 2.73 bits per heavy atom. The van der Waals surface area contributed by atoms with Crippen LogP contribution in [0, 0.1) is 0 Å². The van der Waals surface area contributed by atoms with E-state index in [1.165, 1.54) is 0 Å². The molecule has 9 heteroatoms. The summed E-state index contributed by atoms with van der Waals surface area (Å²) in [6.07, 6.45) is 0.195. The maximum Gasteiger partial charge on any atom is 0.433 e. The zero-order chi connectivity index (χ0) is 15.7. The highest BCUT2D eigenvalue weighted by Crippen LogP contribution is 2.27. The number of nitrogens with zero attached hydrogens (tertiary/aromatic N) is 4. The van der Waals surface area contributed by atoms with Crippen molar-refractivity contribution in [1.29, 1.82) is 0 Å². The summed E-state index contributed by atoms with van der Waals surface area (Å²) in [5, 5.41) is 2.74. The van der Waals surface area contributed by atoms with Crippen molar-refractivity contribution >= 4 is 27.5 Å². The molecule has 0 atom stereocenters. The first kappa shape index (κ1) is 14.8. The van der Waals surface area contributed by atoms with Gasteiger partial charge in [-0.15, -0.1) is 0 Å². The van der Waals surface area contributed by atoms with Gasteiger partial charge in [0.25, 0.3) is 0 Å². The second-order valence-corrected chi connectivity index (χ2v) is 5.38. The molecular formula is C13H9BrF3N5. The van der Waals surface area contributed by atoms with Gasteiger partial charge in [0.05, 0.1) is 12.2 Å². The van der Waals surface area contributed by atoms with Gasteiger partial charge in [-0.25, -0.2) is 15.0 Å². The second kappa shape index (κ2) is 5.56. The number of fused-ring (bicyclic) bond motifs is 1. The first-order chi connectivity index (χ1) is 10.4. The molecule has 1 N–H and O–H groups in total. The van der Waals surface area contributed by atoms with Crippen LogP contribution in [0.2, 0.25) is 0 Å². The van der Waals surface area contributed by atoms with Gasteiger partial charge in [-0.3, -0.25) is 0 Å². The third kappa shape index (κ3) is 3.19. The van der Waals surface area contributed by atoms with Gasteiger partial charge < -0.3 is 9.72 Å². The topological polar surface area (TPSA) is 55.1 Å². The van der Waals surface area contributed by atoms with Gasteiger partial charge in [-0.05, 0) is 34.1 Å². The number of pyridine rings is 1. The Hall–Kier alpha value is -2.16. The maximum absolute atomic E-state index is 12.6. The van der Waals surface area contributed by atoms with Crippen molar-refractivity contribution in [3.63, 3.8) is 0 Å². The smallest absolute Gasteiger partial charge is 0.348 e. The van der Waals surface area contributed by atoms with Crippen LogP contribution in [0.3, 0.4) is 0 Å². The van der Waals surface area contributed by atoms with E-state index in [2.05, 4.69) is 36.2 Å². The lowest BCUT2D eigenvalue weighted by molar-refractivity contribution is -0.141. The SMILES string of the molecule is FC(F)(F)c1ccnc(NCc2cn3cc(Br)ccc3n2)n1. The Morgan fingerprint density at radius 1 is 1.14 bits per heavy atom. The number of alkyl halides is 3. The van der Waals surface area contributed by atoms with Crippen LogP contribution in [0.5, 0.6) is 0 Å². The van der Waals surface area contributed by atoms with E-state index in [1.54, 1.807) is 6.20 Å². The molecule has 0 aliphatic heterocycles. The van der Waals surface area contributed by atoms with E-state index in [-0.39, 0.29) is 12.5 Å². The van der Waals surface area contributed by atoms with Crippen LogP contribution in [-0.4, -0.2) is 19.4 Å². The van der Waals surface area contributed by atoms with Crippen LogP contribution in [0.25, 0.3) is 5.65 Å². The van der Waals surface area contributed by atoms with Gasteiger partial charge in [0.1, 0.15) is 11.3 Å². The van der Waals surface area contributed by atoms with Crippen molar-refractivity contribution in [2.75, 3.05) is 5.32 Å². The summed E-state index contributed by atoms with van der Waals surface area (Å²) in [6, 6.07) is 4.51. The van der Waals surface area contributed by atoms with E-state index in [0.29, 0.717) is 5.69 Å². The molecule has 3 heterocycles. The lowest BCUT2D eigenvalue weighted by Gasteiger charge is -2.07. The summed E-state index contributed by atoms with van der Waals surface area (Å²) in [6.45, 7) is 0.223. The normalized spacial score (nSPS) is 11.8. The van der Waals surface area contributed by atoms with Crippen molar-refractivity contribution in [2.24, 2.45) is 0 Å². The number of hydrogen-bond donors (Lipinski definition) is 1. The van der Waals surface area contributed by atoms with Gasteiger partial charge in [0.2, 0.25) is 5.95 Å². The number of anilines is 1. The highest BCUT2D eigenvalue weighted by Gasteiger charge is 2.32. The van der Waals surface area contributed by atoms with E-state index >= 15 is 0 Å². The number of halogens is 4. The predicted octanol–water partition coefficient (Wildman–Crippen LogP) is 3.52. The third-order valence-corrected chi connectivity index (χ3v) is 3.31. The number of hydrogen-bond acceptors (Lipinski definition) is 4. The van der Waals surface area contributed by atoms with Gasteiger partial charge in [0, 0.05) is 23.1 Å². The fourth-order valence-corrected chi connectivity index (χ4v) is 2.23.